The molecule has 0 unspecified atom stereocenters. The lowest BCUT2D eigenvalue weighted by Gasteiger charge is -2.29. The summed E-state index contributed by atoms with van der Waals surface area (Å²) in [5.74, 6) is -0.914. The summed E-state index contributed by atoms with van der Waals surface area (Å²) in [5, 5.41) is 0. The van der Waals surface area contributed by atoms with Crippen molar-refractivity contribution in [3.8, 4) is 0 Å². The predicted octanol–water partition coefficient (Wildman–Crippen LogP) is 3.81. The highest BCUT2D eigenvalue weighted by molar-refractivity contribution is 9.10. The summed E-state index contributed by atoms with van der Waals surface area (Å²) < 4.78 is 13.9. The summed E-state index contributed by atoms with van der Waals surface area (Å²) in [6.07, 6.45) is 2.91. The second-order valence-corrected chi connectivity index (χ2v) is 6.70. The summed E-state index contributed by atoms with van der Waals surface area (Å²) in [6, 6.07) is 9.34. The Morgan fingerprint density at radius 1 is 1.23 bits per heavy atom. The van der Waals surface area contributed by atoms with Gasteiger partial charge >= 0.3 is 0 Å². The summed E-state index contributed by atoms with van der Waals surface area (Å²) in [4.78, 5) is 26.0. The van der Waals surface area contributed by atoms with Gasteiger partial charge in [0.15, 0.2) is 0 Å². The molecule has 26 heavy (non-hydrogen) atoms. The van der Waals surface area contributed by atoms with Crippen molar-refractivity contribution in [1.82, 2.24) is 5.43 Å². The maximum Gasteiger partial charge on any atom is 0.269 e. The number of benzene rings is 2. The zero-order valence-electron chi connectivity index (χ0n) is 13.9. The highest BCUT2D eigenvalue weighted by Crippen LogP contribution is 2.28. The maximum atomic E-state index is 13.3. The lowest BCUT2D eigenvalue weighted by atomic mass is 9.99. The minimum absolute atomic E-state index is 0.152. The molecule has 1 aliphatic rings. The molecule has 2 aromatic rings. The fourth-order valence-electron chi connectivity index (χ4n) is 2.87. The number of nitrogens with zero attached hydrogens (tertiary/aromatic N) is 1. The average Bonchev–Trinajstić information content (AvgIpc) is 2.66. The number of carbonyl (C=O) groups excluding carboxylic acids is 2. The summed E-state index contributed by atoms with van der Waals surface area (Å²) >= 11 is 3.29. The van der Waals surface area contributed by atoms with Crippen LogP contribution in [0.25, 0.3) is 0 Å². The normalized spacial score (nSPS) is 12.9. The topological polar surface area (TPSA) is 61.4 Å². The first kappa shape index (κ1) is 18.1. The van der Waals surface area contributed by atoms with Crippen LogP contribution in [0.1, 0.15) is 22.3 Å². The fourth-order valence-corrected chi connectivity index (χ4v) is 3.21. The number of amides is 2. The molecule has 0 atom stereocenters. The van der Waals surface area contributed by atoms with Gasteiger partial charge in [-0.05, 0) is 76.8 Å². The molecule has 0 aromatic heterocycles. The van der Waals surface area contributed by atoms with Gasteiger partial charge in [-0.2, -0.15) is 0 Å². The van der Waals surface area contributed by atoms with Crippen molar-refractivity contribution >= 4 is 39.1 Å². The first-order valence-corrected chi connectivity index (χ1v) is 8.87. The minimum atomic E-state index is -0.411. The van der Waals surface area contributed by atoms with Gasteiger partial charge in [0.1, 0.15) is 5.82 Å². The van der Waals surface area contributed by atoms with E-state index in [1.807, 2.05) is 0 Å². The van der Waals surface area contributed by atoms with E-state index < -0.39 is 5.82 Å². The second kappa shape index (κ2) is 7.70. The van der Waals surface area contributed by atoms with Gasteiger partial charge in [0.05, 0.1) is 5.69 Å². The second-order valence-electron chi connectivity index (χ2n) is 5.84. The Labute approximate surface area is 159 Å². The third-order valence-corrected chi connectivity index (χ3v) is 4.83. The van der Waals surface area contributed by atoms with Crippen LogP contribution in [0, 0.1) is 5.82 Å². The van der Waals surface area contributed by atoms with Crippen LogP contribution in [0.15, 0.2) is 53.5 Å². The Hall–Kier alpha value is -2.67. The Morgan fingerprint density at radius 2 is 2.04 bits per heavy atom. The number of rotatable bonds is 4. The van der Waals surface area contributed by atoms with Crippen molar-refractivity contribution < 1.29 is 14.0 Å². The lowest BCUT2D eigenvalue weighted by Crippen LogP contribution is -2.34. The number of hydrogen-bond donors (Lipinski definition) is 2. The van der Waals surface area contributed by atoms with Gasteiger partial charge in [0.2, 0.25) is 5.91 Å². The molecule has 134 valence electrons. The van der Waals surface area contributed by atoms with Gasteiger partial charge in [-0.3, -0.25) is 20.4 Å². The minimum Gasteiger partial charge on any atom is -0.309 e. The predicted molar refractivity (Wildman–Crippen MR) is 103 cm³/mol. The van der Waals surface area contributed by atoms with Crippen LogP contribution in [0.5, 0.6) is 0 Å². The number of aryl methyl sites for hydroxylation is 1. The van der Waals surface area contributed by atoms with Crippen LogP contribution in [0.4, 0.5) is 15.8 Å². The molecule has 2 N–H and O–H groups in total. The highest BCUT2D eigenvalue weighted by Gasteiger charge is 2.21. The van der Waals surface area contributed by atoms with E-state index in [9.17, 15) is 14.0 Å². The van der Waals surface area contributed by atoms with Gasteiger partial charge < -0.3 is 4.90 Å². The molecule has 0 saturated carbocycles. The Kier molecular flexibility index (Phi) is 5.37. The van der Waals surface area contributed by atoms with Gasteiger partial charge in [-0.25, -0.2) is 4.39 Å². The van der Waals surface area contributed by atoms with Crippen molar-refractivity contribution in [2.24, 2.45) is 0 Å². The van der Waals surface area contributed by atoms with Gasteiger partial charge in [-0.15, -0.1) is 0 Å². The van der Waals surface area contributed by atoms with Crippen LogP contribution >= 0.6 is 15.9 Å². The van der Waals surface area contributed by atoms with E-state index >= 15 is 0 Å². The number of anilines is 2. The van der Waals surface area contributed by atoms with E-state index in [1.54, 1.807) is 29.2 Å². The standard InChI is InChI=1S/C19H17BrFN3O2/c1-2-18(25)24-9-3-4-12-10-13(5-8-17(12)24)19(26)23-22-16-11-14(21)6-7-15(16)20/h2,5-8,10-11,22H,1,3-4,9H2,(H,23,26). The Bertz CT molecular complexity index is 885. The third-order valence-electron chi connectivity index (χ3n) is 4.14. The molecule has 2 amide bonds. The zero-order valence-corrected chi connectivity index (χ0v) is 15.5. The third kappa shape index (κ3) is 3.77. The number of halogens is 2. The average molecular weight is 418 g/mol. The van der Waals surface area contributed by atoms with Crippen molar-refractivity contribution in [2.75, 3.05) is 16.9 Å². The monoisotopic (exact) mass is 417 g/mol. The smallest absolute Gasteiger partial charge is 0.269 e. The fraction of sp³-hybridized carbons (Fsp3) is 0.158. The van der Waals surface area contributed by atoms with Crippen molar-refractivity contribution in [3.63, 3.8) is 0 Å². The van der Waals surface area contributed by atoms with E-state index in [4.69, 9.17) is 0 Å². The summed E-state index contributed by atoms with van der Waals surface area (Å²) in [5.41, 5.74) is 7.87. The van der Waals surface area contributed by atoms with E-state index in [0.717, 1.165) is 24.1 Å². The summed E-state index contributed by atoms with van der Waals surface area (Å²) in [6.45, 7) is 4.16. The first-order valence-electron chi connectivity index (χ1n) is 8.08. The Balaban J connectivity index is 1.75. The largest absolute Gasteiger partial charge is 0.309 e. The maximum absolute atomic E-state index is 13.3. The van der Waals surface area contributed by atoms with Gasteiger partial charge in [0, 0.05) is 22.3 Å². The van der Waals surface area contributed by atoms with Crippen LogP contribution in [0.3, 0.4) is 0 Å². The lowest BCUT2D eigenvalue weighted by molar-refractivity contribution is -0.114. The molecule has 0 aliphatic carbocycles. The summed E-state index contributed by atoms with van der Waals surface area (Å²) in [7, 11) is 0. The number of fused-ring (bicyclic) bond motifs is 1. The molecule has 0 fully saturated rings. The molecule has 1 heterocycles. The molecule has 0 radical (unpaired) electrons. The number of nitrogens with one attached hydrogen (secondary N) is 2. The SMILES string of the molecule is C=CC(=O)N1CCCc2cc(C(=O)NNc3cc(F)ccc3Br)ccc21. The molecule has 5 nitrogen and oxygen atoms in total. The van der Waals surface area contributed by atoms with Crippen LogP contribution in [-0.4, -0.2) is 18.4 Å². The highest BCUT2D eigenvalue weighted by atomic mass is 79.9. The van der Waals surface area contributed by atoms with Crippen molar-refractivity contribution in [1.29, 1.82) is 0 Å². The number of hydrazine groups is 1. The van der Waals surface area contributed by atoms with Crippen molar-refractivity contribution in [3.05, 3.63) is 70.5 Å². The van der Waals surface area contributed by atoms with Gasteiger partial charge in [-0.1, -0.05) is 6.58 Å². The molecular formula is C19H17BrFN3O2. The molecule has 2 aromatic carbocycles. The van der Waals surface area contributed by atoms with Crippen LogP contribution < -0.4 is 15.8 Å². The Morgan fingerprint density at radius 3 is 2.81 bits per heavy atom. The van der Waals surface area contributed by atoms with Crippen molar-refractivity contribution in [2.45, 2.75) is 12.8 Å². The van der Waals surface area contributed by atoms with Crippen LogP contribution in [0.2, 0.25) is 0 Å². The zero-order chi connectivity index (χ0) is 18.7. The molecule has 7 heteroatoms. The molecule has 0 spiro atoms. The first-order chi connectivity index (χ1) is 12.5. The molecule has 0 bridgehead atoms. The quantitative estimate of drug-likeness (QED) is 0.587. The van der Waals surface area contributed by atoms with E-state index in [1.165, 1.54) is 18.2 Å². The molecule has 3 rings (SSSR count). The molecule has 0 saturated heterocycles. The van der Waals surface area contributed by atoms with E-state index in [0.29, 0.717) is 22.3 Å². The number of hydrogen-bond acceptors (Lipinski definition) is 3. The molecule has 1 aliphatic heterocycles. The van der Waals surface area contributed by atoms with Gasteiger partial charge in [0.25, 0.3) is 5.91 Å². The molecular weight excluding hydrogens is 401 g/mol. The van der Waals surface area contributed by atoms with E-state index in [2.05, 4.69) is 33.4 Å². The van der Waals surface area contributed by atoms with E-state index in [-0.39, 0.29) is 11.8 Å². The number of carbonyl (C=O) groups is 2. The van der Waals surface area contributed by atoms with Crippen LogP contribution in [-0.2, 0) is 11.2 Å².